The van der Waals surface area contributed by atoms with Crippen molar-refractivity contribution >= 4 is 12.0 Å². The molecule has 4 rings (SSSR count). The van der Waals surface area contributed by atoms with Crippen molar-refractivity contribution in [2.75, 3.05) is 26.2 Å². The Balaban J connectivity index is 1.34. The summed E-state index contributed by atoms with van der Waals surface area (Å²) in [5, 5.41) is 0. The summed E-state index contributed by atoms with van der Waals surface area (Å²) in [6.07, 6.45) is 3.80. The van der Waals surface area contributed by atoms with Gasteiger partial charge in [0.1, 0.15) is 12.6 Å². The molecule has 0 aromatic heterocycles. The molecule has 2 heterocycles. The van der Waals surface area contributed by atoms with E-state index in [0.717, 1.165) is 50.6 Å². The van der Waals surface area contributed by atoms with E-state index in [9.17, 15) is 9.59 Å². The smallest absolute Gasteiger partial charge is 0.411 e. The van der Waals surface area contributed by atoms with Gasteiger partial charge in [-0.05, 0) is 38.2 Å². The summed E-state index contributed by atoms with van der Waals surface area (Å²) < 4.78 is 5.51. The Bertz CT molecular complexity index is 669. The normalized spacial score (nSPS) is 26.3. The van der Waals surface area contributed by atoms with Crippen molar-refractivity contribution in [2.45, 2.75) is 57.3 Å². The highest BCUT2D eigenvalue weighted by atomic mass is 16.6. The molecule has 0 N–H and O–H groups in total. The lowest BCUT2D eigenvalue weighted by Crippen LogP contribution is -2.55. The van der Waals surface area contributed by atoms with Gasteiger partial charge in [-0.3, -0.25) is 14.6 Å². The SMILES string of the molecule is CC1CC[C@@H](C(=O)N2CCN(C3CC3)CC2)N1C(=O)OCc1ccccc1. The zero-order chi connectivity index (χ0) is 18.8. The van der Waals surface area contributed by atoms with Crippen molar-refractivity contribution in [1.29, 1.82) is 0 Å². The first-order valence-electron chi connectivity index (χ1n) is 10.2. The predicted octanol–water partition coefficient (Wildman–Crippen LogP) is 2.48. The topological polar surface area (TPSA) is 53.1 Å². The number of ether oxygens (including phenoxy) is 1. The van der Waals surface area contributed by atoms with Gasteiger partial charge in [0.25, 0.3) is 0 Å². The number of likely N-dealkylation sites (tertiary alicyclic amines) is 1. The fourth-order valence-electron chi connectivity index (χ4n) is 4.29. The second-order valence-electron chi connectivity index (χ2n) is 7.98. The first-order valence-corrected chi connectivity index (χ1v) is 10.2. The second kappa shape index (κ2) is 7.89. The third-order valence-electron chi connectivity index (χ3n) is 6.06. The lowest BCUT2D eigenvalue weighted by molar-refractivity contribution is -0.137. The number of amides is 2. The number of hydrogen-bond acceptors (Lipinski definition) is 4. The summed E-state index contributed by atoms with van der Waals surface area (Å²) in [6, 6.07) is 10.1. The highest BCUT2D eigenvalue weighted by molar-refractivity contribution is 5.86. The maximum Gasteiger partial charge on any atom is 0.411 e. The van der Waals surface area contributed by atoms with Crippen LogP contribution in [-0.4, -0.2) is 71.0 Å². The molecule has 1 unspecified atom stereocenters. The molecule has 3 aliphatic rings. The number of piperazine rings is 1. The monoisotopic (exact) mass is 371 g/mol. The molecule has 1 aromatic rings. The van der Waals surface area contributed by atoms with E-state index >= 15 is 0 Å². The fraction of sp³-hybridized carbons (Fsp3) is 0.619. The molecule has 6 heteroatoms. The maximum atomic E-state index is 13.1. The van der Waals surface area contributed by atoms with E-state index in [0.29, 0.717) is 0 Å². The van der Waals surface area contributed by atoms with E-state index < -0.39 is 0 Å². The molecular formula is C21H29N3O3. The van der Waals surface area contributed by atoms with Crippen LogP contribution in [0.5, 0.6) is 0 Å². The van der Waals surface area contributed by atoms with Crippen LogP contribution in [0.3, 0.4) is 0 Å². The van der Waals surface area contributed by atoms with Crippen molar-refractivity contribution in [2.24, 2.45) is 0 Å². The molecule has 1 aromatic carbocycles. The van der Waals surface area contributed by atoms with E-state index in [1.807, 2.05) is 42.2 Å². The molecule has 0 radical (unpaired) electrons. The minimum Gasteiger partial charge on any atom is -0.445 e. The number of carbonyl (C=O) groups is 2. The summed E-state index contributed by atoms with van der Waals surface area (Å²) in [4.78, 5) is 31.9. The quantitative estimate of drug-likeness (QED) is 0.816. The molecule has 6 nitrogen and oxygen atoms in total. The maximum absolute atomic E-state index is 13.1. The van der Waals surface area contributed by atoms with Crippen LogP contribution in [0.1, 0.15) is 38.2 Å². The molecule has 0 spiro atoms. The van der Waals surface area contributed by atoms with Gasteiger partial charge in [0, 0.05) is 38.3 Å². The van der Waals surface area contributed by atoms with Gasteiger partial charge in [0.2, 0.25) is 5.91 Å². The summed E-state index contributed by atoms with van der Waals surface area (Å²) >= 11 is 0. The number of rotatable bonds is 4. The zero-order valence-electron chi connectivity index (χ0n) is 16.0. The van der Waals surface area contributed by atoms with E-state index in [1.54, 1.807) is 4.90 Å². The number of nitrogens with zero attached hydrogens (tertiary/aromatic N) is 3. The number of benzene rings is 1. The third-order valence-corrected chi connectivity index (χ3v) is 6.06. The molecule has 1 aliphatic carbocycles. The Morgan fingerprint density at radius 1 is 1.00 bits per heavy atom. The van der Waals surface area contributed by atoms with E-state index in [-0.39, 0.29) is 30.7 Å². The van der Waals surface area contributed by atoms with Crippen molar-refractivity contribution in [1.82, 2.24) is 14.7 Å². The van der Waals surface area contributed by atoms with Gasteiger partial charge in [0.05, 0.1) is 0 Å². The lowest BCUT2D eigenvalue weighted by Gasteiger charge is -2.37. The van der Waals surface area contributed by atoms with Crippen LogP contribution in [0.4, 0.5) is 4.79 Å². The van der Waals surface area contributed by atoms with Crippen LogP contribution in [-0.2, 0) is 16.1 Å². The summed E-state index contributed by atoms with van der Waals surface area (Å²) in [5.41, 5.74) is 0.955. The zero-order valence-corrected chi connectivity index (χ0v) is 16.0. The highest BCUT2D eigenvalue weighted by Crippen LogP contribution is 2.29. The molecule has 3 fully saturated rings. The van der Waals surface area contributed by atoms with Crippen LogP contribution in [0.15, 0.2) is 30.3 Å². The van der Waals surface area contributed by atoms with Gasteiger partial charge >= 0.3 is 6.09 Å². The van der Waals surface area contributed by atoms with Crippen molar-refractivity contribution in [3.8, 4) is 0 Å². The van der Waals surface area contributed by atoms with Crippen LogP contribution in [0, 0.1) is 0 Å². The molecule has 0 bridgehead atoms. The first kappa shape index (κ1) is 18.3. The van der Waals surface area contributed by atoms with Gasteiger partial charge in [0.15, 0.2) is 0 Å². The average molecular weight is 371 g/mol. The molecule has 2 aliphatic heterocycles. The van der Waals surface area contributed by atoms with Crippen LogP contribution in [0.25, 0.3) is 0 Å². The molecule has 2 amide bonds. The molecule has 2 saturated heterocycles. The Hall–Kier alpha value is -2.08. The second-order valence-corrected chi connectivity index (χ2v) is 7.98. The van der Waals surface area contributed by atoms with Crippen molar-refractivity contribution in [3.63, 3.8) is 0 Å². The molecule has 2 atom stereocenters. The van der Waals surface area contributed by atoms with Gasteiger partial charge in [-0.2, -0.15) is 0 Å². The number of hydrogen-bond donors (Lipinski definition) is 0. The summed E-state index contributed by atoms with van der Waals surface area (Å²) in [6.45, 7) is 5.69. The van der Waals surface area contributed by atoms with E-state index in [4.69, 9.17) is 4.74 Å². The standard InChI is InChI=1S/C21H29N3O3/c1-16-7-10-19(20(25)23-13-11-22(12-14-23)18-8-9-18)24(16)21(26)27-15-17-5-3-2-4-6-17/h2-6,16,18-19H,7-15H2,1H3/t16?,19-/m0/s1. The average Bonchev–Trinajstić information content (AvgIpc) is 3.48. The predicted molar refractivity (Wildman–Crippen MR) is 102 cm³/mol. The Kier molecular flexibility index (Phi) is 5.34. The largest absolute Gasteiger partial charge is 0.445 e. The van der Waals surface area contributed by atoms with Crippen LogP contribution >= 0.6 is 0 Å². The van der Waals surface area contributed by atoms with E-state index in [1.165, 1.54) is 12.8 Å². The molecule has 146 valence electrons. The van der Waals surface area contributed by atoms with E-state index in [2.05, 4.69) is 4.90 Å². The molecular weight excluding hydrogens is 342 g/mol. The molecule has 1 saturated carbocycles. The van der Waals surface area contributed by atoms with Crippen LogP contribution < -0.4 is 0 Å². The van der Waals surface area contributed by atoms with Crippen molar-refractivity contribution in [3.05, 3.63) is 35.9 Å². The van der Waals surface area contributed by atoms with Gasteiger partial charge in [-0.25, -0.2) is 4.79 Å². The Morgan fingerprint density at radius 3 is 2.37 bits per heavy atom. The highest BCUT2D eigenvalue weighted by Gasteiger charge is 2.42. The van der Waals surface area contributed by atoms with Gasteiger partial charge in [-0.15, -0.1) is 0 Å². The Labute approximate surface area is 161 Å². The Morgan fingerprint density at radius 2 is 1.70 bits per heavy atom. The van der Waals surface area contributed by atoms with Crippen LogP contribution in [0.2, 0.25) is 0 Å². The molecule has 27 heavy (non-hydrogen) atoms. The van der Waals surface area contributed by atoms with Crippen molar-refractivity contribution < 1.29 is 14.3 Å². The first-order chi connectivity index (χ1) is 13.1. The number of carbonyl (C=O) groups excluding carboxylic acids is 2. The summed E-state index contributed by atoms with van der Waals surface area (Å²) in [5.74, 6) is 0.0893. The minimum atomic E-state index is -0.379. The van der Waals surface area contributed by atoms with Gasteiger partial charge < -0.3 is 9.64 Å². The fourth-order valence-corrected chi connectivity index (χ4v) is 4.29. The van der Waals surface area contributed by atoms with Gasteiger partial charge in [-0.1, -0.05) is 30.3 Å². The minimum absolute atomic E-state index is 0.0370. The summed E-state index contributed by atoms with van der Waals surface area (Å²) in [7, 11) is 0. The third kappa shape index (κ3) is 4.10. The lowest BCUT2D eigenvalue weighted by atomic mass is 10.1.